The average Bonchev–Trinajstić information content (AvgIpc) is 2.00. The molecule has 0 radical (unpaired) electrons. The Hall–Kier alpha value is -1.06. The van der Waals surface area contributed by atoms with Gasteiger partial charge in [0.2, 0.25) is 0 Å². The number of carbonyl (C=O) groups is 2. The van der Waals surface area contributed by atoms with Crippen LogP contribution in [0.3, 0.4) is 0 Å². The minimum absolute atomic E-state index is 0.0774. The zero-order valence-corrected chi connectivity index (χ0v) is 7.37. The predicted octanol–water partition coefficient (Wildman–Crippen LogP) is 1.05. The number of carboxylic acids is 1. The Bertz CT molecular complexity index is 164. The first-order chi connectivity index (χ1) is 5.56. The molecular weight excluding hydrogens is 160 g/mol. The Balaban J connectivity index is 3.52. The van der Waals surface area contributed by atoms with Crippen LogP contribution in [0.5, 0.6) is 0 Å². The summed E-state index contributed by atoms with van der Waals surface area (Å²) in [5.41, 5.74) is 0. The second-order valence-corrected chi connectivity index (χ2v) is 2.82. The maximum absolute atomic E-state index is 10.7. The molecule has 4 nitrogen and oxygen atoms in total. The zero-order valence-electron chi connectivity index (χ0n) is 7.37. The highest BCUT2D eigenvalue weighted by atomic mass is 16.5. The van der Waals surface area contributed by atoms with Gasteiger partial charge >= 0.3 is 11.9 Å². The third-order valence-corrected chi connectivity index (χ3v) is 1.59. The minimum Gasteiger partial charge on any atom is -0.481 e. The van der Waals surface area contributed by atoms with Crippen LogP contribution >= 0.6 is 0 Å². The third kappa shape index (κ3) is 5.70. The molecule has 0 fully saturated rings. The van der Waals surface area contributed by atoms with Crippen LogP contribution in [0, 0.1) is 5.92 Å². The van der Waals surface area contributed by atoms with Crippen LogP contribution < -0.4 is 0 Å². The number of methoxy groups -OCH3 is 1. The molecule has 0 heterocycles. The first-order valence-electron chi connectivity index (χ1n) is 3.85. The molecule has 0 aromatic rings. The molecule has 0 spiro atoms. The van der Waals surface area contributed by atoms with Gasteiger partial charge in [0.1, 0.15) is 0 Å². The molecule has 0 rings (SSSR count). The number of carbonyl (C=O) groups excluding carboxylic acids is 1. The summed E-state index contributed by atoms with van der Waals surface area (Å²) >= 11 is 0. The summed E-state index contributed by atoms with van der Waals surface area (Å²) in [6, 6.07) is 0. The van der Waals surface area contributed by atoms with Crippen molar-refractivity contribution in [2.45, 2.75) is 26.2 Å². The number of rotatable bonds is 5. The van der Waals surface area contributed by atoms with Crippen LogP contribution in [-0.2, 0) is 14.3 Å². The van der Waals surface area contributed by atoms with E-state index in [1.807, 2.05) is 6.92 Å². The molecule has 1 N–H and O–H groups in total. The molecule has 12 heavy (non-hydrogen) atoms. The van der Waals surface area contributed by atoms with Crippen molar-refractivity contribution in [3.05, 3.63) is 0 Å². The van der Waals surface area contributed by atoms with E-state index in [1.54, 1.807) is 0 Å². The van der Waals surface area contributed by atoms with Crippen molar-refractivity contribution in [2.24, 2.45) is 5.92 Å². The first-order valence-corrected chi connectivity index (χ1v) is 3.85. The van der Waals surface area contributed by atoms with Gasteiger partial charge in [0, 0.05) is 12.8 Å². The Morgan fingerprint density at radius 1 is 1.50 bits per heavy atom. The van der Waals surface area contributed by atoms with E-state index >= 15 is 0 Å². The van der Waals surface area contributed by atoms with Gasteiger partial charge in [-0.2, -0.15) is 0 Å². The highest BCUT2D eigenvalue weighted by Crippen LogP contribution is 2.10. The SMILES string of the molecule is COC(=O)C[C@@H](C)CCC(=O)O. The molecule has 0 unspecified atom stereocenters. The van der Waals surface area contributed by atoms with E-state index in [2.05, 4.69) is 4.74 Å². The van der Waals surface area contributed by atoms with E-state index in [1.165, 1.54) is 7.11 Å². The molecule has 0 aromatic carbocycles. The largest absolute Gasteiger partial charge is 0.481 e. The van der Waals surface area contributed by atoms with Crippen LogP contribution in [0.15, 0.2) is 0 Å². The third-order valence-electron chi connectivity index (χ3n) is 1.59. The molecule has 0 amide bonds. The lowest BCUT2D eigenvalue weighted by atomic mass is 10.0. The topological polar surface area (TPSA) is 63.6 Å². The lowest BCUT2D eigenvalue weighted by Gasteiger charge is -2.06. The summed E-state index contributed by atoms with van der Waals surface area (Å²) in [5, 5.41) is 8.34. The van der Waals surface area contributed by atoms with Crippen molar-refractivity contribution >= 4 is 11.9 Å². The molecule has 0 aromatic heterocycles. The fraction of sp³-hybridized carbons (Fsp3) is 0.750. The Kier molecular flexibility index (Phi) is 5.08. The van der Waals surface area contributed by atoms with Crippen molar-refractivity contribution in [3.8, 4) is 0 Å². The van der Waals surface area contributed by atoms with Crippen molar-refractivity contribution in [1.82, 2.24) is 0 Å². The number of hydrogen-bond acceptors (Lipinski definition) is 3. The normalized spacial score (nSPS) is 12.2. The Morgan fingerprint density at radius 2 is 2.08 bits per heavy atom. The lowest BCUT2D eigenvalue weighted by Crippen LogP contribution is -2.08. The molecule has 1 atom stereocenters. The Labute approximate surface area is 71.5 Å². The maximum atomic E-state index is 10.7. The van der Waals surface area contributed by atoms with Crippen LogP contribution in [0.4, 0.5) is 0 Å². The maximum Gasteiger partial charge on any atom is 0.305 e. The zero-order chi connectivity index (χ0) is 9.56. The summed E-state index contributed by atoms with van der Waals surface area (Å²) in [5.74, 6) is -1.03. The first kappa shape index (κ1) is 10.9. The van der Waals surface area contributed by atoms with Crippen LogP contribution in [-0.4, -0.2) is 24.2 Å². The molecule has 4 heteroatoms. The highest BCUT2D eigenvalue weighted by molar-refractivity contribution is 5.69. The summed E-state index contributed by atoms with van der Waals surface area (Å²) in [6.07, 6.45) is 0.923. The second-order valence-electron chi connectivity index (χ2n) is 2.82. The van der Waals surface area contributed by atoms with E-state index in [-0.39, 0.29) is 18.3 Å². The average molecular weight is 174 g/mol. The van der Waals surface area contributed by atoms with Crippen molar-refractivity contribution in [2.75, 3.05) is 7.11 Å². The predicted molar refractivity (Wildman–Crippen MR) is 42.7 cm³/mol. The fourth-order valence-corrected chi connectivity index (χ4v) is 0.840. The van der Waals surface area contributed by atoms with Crippen LogP contribution in [0.1, 0.15) is 26.2 Å². The van der Waals surface area contributed by atoms with E-state index in [0.29, 0.717) is 12.8 Å². The molecule has 70 valence electrons. The van der Waals surface area contributed by atoms with Gasteiger partial charge in [-0.1, -0.05) is 6.92 Å². The van der Waals surface area contributed by atoms with Crippen molar-refractivity contribution in [1.29, 1.82) is 0 Å². The quantitative estimate of drug-likeness (QED) is 0.633. The van der Waals surface area contributed by atoms with E-state index in [4.69, 9.17) is 5.11 Å². The molecule has 0 saturated heterocycles. The number of carboxylic acid groups (broad SMARTS) is 1. The molecule has 0 aliphatic carbocycles. The van der Waals surface area contributed by atoms with Gasteiger partial charge in [-0.3, -0.25) is 9.59 Å². The summed E-state index contributed by atoms with van der Waals surface area (Å²) in [4.78, 5) is 20.8. The van der Waals surface area contributed by atoms with Gasteiger partial charge in [0.15, 0.2) is 0 Å². The number of aliphatic carboxylic acids is 1. The van der Waals surface area contributed by atoms with Gasteiger partial charge in [-0.25, -0.2) is 0 Å². The molecule has 0 aliphatic heterocycles. The van der Waals surface area contributed by atoms with E-state index in [9.17, 15) is 9.59 Å². The van der Waals surface area contributed by atoms with E-state index in [0.717, 1.165) is 0 Å². The van der Waals surface area contributed by atoms with Crippen LogP contribution in [0.25, 0.3) is 0 Å². The fourth-order valence-electron chi connectivity index (χ4n) is 0.840. The van der Waals surface area contributed by atoms with Gasteiger partial charge in [0.05, 0.1) is 7.11 Å². The standard InChI is InChI=1S/C8H14O4/c1-6(3-4-7(9)10)5-8(11)12-2/h6H,3-5H2,1-2H3,(H,9,10)/t6-/m0/s1. The molecule has 0 aliphatic rings. The molecule has 0 bridgehead atoms. The number of ether oxygens (including phenoxy) is 1. The monoisotopic (exact) mass is 174 g/mol. The van der Waals surface area contributed by atoms with Crippen molar-refractivity contribution in [3.63, 3.8) is 0 Å². The summed E-state index contributed by atoms with van der Waals surface area (Å²) < 4.78 is 4.44. The second kappa shape index (κ2) is 5.57. The van der Waals surface area contributed by atoms with E-state index < -0.39 is 5.97 Å². The van der Waals surface area contributed by atoms with Crippen molar-refractivity contribution < 1.29 is 19.4 Å². The highest BCUT2D eigenvalue weighted by Gasteiger charge is 2.10. The number of hydrogen-bond donors (Lipinski definition) is 1. The van der Waals surface area contributed by atoms with Gasteiger partial charge in [0.25, 0.3) is 0 Å². The lowest BCUT2D eigenvalue weighted by molar-refractivity contribution is -0.142. The van der Waals surface area contributed by atoms with Gasteiger partial charge in [-0.05, 0) is 12.3 Å². The smallest absolute Gasteiger partial charge is 0.305 e. The number of esters is 1. The summed E-state index contributed by atoms with van der Waals surface area (Å²) in [7, 11) is 1.33. The Morgan fingerprint density at radius 3 is 2.50 bits per heavy atom. The summed E-state index contributed by atoms with van der Waals surface area (Å²) in [6.45, 7) is 1.83. The van der Waals surface area contributed by atoms with Gasteiger partial charge in [-0.15, -0.1) is 0 Å². The van der Waals surface area contributed by atoms with Gasteiger partial charge < -0.3 is 9.84 Å². The van der Waals surface area contributed by atoms with Crippen LogP contribution in [0.2, 0.25) is 0 Å². The minimum atomic E-state index is -0.827. The molecule has 0 saturated carbocycles. The molecular formula is C8H14O4.